The first-order chi connectivity index (χ1) is 8.15. The van der Waals surface area contributed by atoms with Gasteiger partial charge in [0.2, 0.25) is 0 Å². The standard InChI is InChI=1S/C16H20S/c1-12(2)16-10-9-15(17-16)8-7-14-6-4-5-13(3)11-14/h4-6,9-12H,7-8H2,1-3H3. The molecule has 0 aliphatic carbocycles. The van der Waals surface area contributed by atoms with Crippen molar-refractivity contribution in [1.29, 1.82) is 0 Å². The second-order valence-electron chi connectivity index (χ2n) is 4.95. The summed E-state index contributed by atoms with van der Waals surface area (Å²) < 4.78 is 0. The second kappa shape index (κ2) is 5.50. The van der Waals surface area contributed by atoms with E-state index in [0.717, 1.165) is 6.42 Å². The Morgan fingerprint density at radius 3 is 2.53 bits per heavy atom. The number of hydrogen-bond acceptors (Lipinski definition) is 1. The Morgan fingerprint density at radius 2 is 1.88 bits per heavy atom. The van der Waals surface area contributed by atoms with Gasteiger partial charge in [0.25, 0.3) is 0 Å². The summed E-state index contributed by atoms with van der Waals surface area (Å²) >= 11 is 1.96. The van der Waals surface area contributed by atoms with E-state index in [1.54, 1.807) is 0 Å². The average molecular weight is 244 g/mol. The van der Waals surface area contributed by atoms with Gasteiger partial charge in [-0.05, 0) is 43.4 Å². The fraction of sp³-hybridized carbons (Fsp3) is 0.375. The largest absolute Gasteiger partial charge is 0.145 e. The maximum atomic E-state index is 2.29. The van der Waals surface area contributed by atoms with Crippen LogP contribution in [0.2, 0.25) is 0 Å². The van der Waals surface area contributed by atoms with Crippen LogP contribution in [0.5, 0.6) is 0 Å². The molecule has 0 unspecified atom stereocenters. The van der Waals surface area contributed by atoms with Crippen LogP contribution in [0.25, 0.3) is 0 Å². The highest BCUT2D eigenvalue weighted by Gasteiger charge is 2.04. The average Bonchev–Trinajstić information content (AvgIpc) is 2.75. The van der Waals surface area contributed by atoms with Gasteiger partial charge >= 0.3 is 0 Å². The molecule has 1 aromatic carbocycles. The van der Waals surface area contributed by atoms with Crippen LogP contribution in [0, 0.1) is 6.92 Å². The van der Waals surface area contributed by atoms with E-state index in [4.69, 9.17) is 0 Å². The molecule has 0 aliphatic rings. The van der Waals surface area contributed by atoms with Gasteiger partial charge in [0, 0.05) is 9.75 Å². The third-order valence-corrected chi connectivity index (χ3v) is 4.44. The van der Waals surface area contributed by atoms with Crippen LogP contribution >= 0.6 is 11.3 Å². The molecule has 1 heterocycles. The number of rotatable bonds is 4. The summed E-state index contributed by atoms with van der Waals surface area (Å²) in [6, 6.07) is 13.4. The molecule has 0 aliphatic heterocycles. The van der Waals surface area contributed by atoms with Crippen molar-refractivity contribution in [2.75, 3.05) is 0 Å². The summed E-state index contributed by atoms with van der Waals surface area (Å²) in [5.74, 6) is 0.660. The molecule has 0 fully saturated rings. The molecule has 0 bridgehead atoms. The molecule has 0 spiro atoms. The fourth-order valence-corrected chi connectivity index (χ4v) is 2.99. The minimum atomic E-state index is 0.660. The van der Waals surface area contributed by atoms with E-state index in [0.29, 0.717) is 5.92 Å². The zero-order valence-electron chi connectivity index (χ0n) is 10.9. The molecular formula is C16H20S. The molecule has 0 radical (unpaired) electrons. The third kappa shape index (κ3) is 3.44. The van der Waals surface area contributed by atoms with Crippen molar-refractivity contribution in [3.63, 3.8) is 0 Å². The maximum absolute atomic E-state index is 2.29. The monoisotopic (exact) mass is 244 g/mol. The third-order valence-electron chi connectivity index (χ3n) is 2.99. The van der Waals surface area contributed by atoms with Crippen molar-refractivity contribution < 1.29 is 0 Å². The summed E-state index contributed by atoms with van der Waals surface area (Å²) in [4.78, 5) is 3.01. The lowest BCUT2D eigenvalue weighted by Gasteiger charge is -2.01. The van der Waals surface area contributed by atoms with Crippen LogP contribution in [0.15, 0.2) is 36.4 Å². The first-order valence-corrected chi connectivity index (χ1v) is 7.11. The summed E-state index contributed by atoms with van der Waals surface area (Å²) in [6.45, 7) is 6.68. The van der Waals surface area contributed by atoms with Crippen LogP contribution in [-0.2, 0) is 12.8 Å². The van der Waals surface area contributed by atoms with E-state index >= 15 is 0 Å². The molecule has 90 valence electrons. The molecule has 0 saturated carbocycles. The number of aryl methyl sites for hydroxylation is 3. The molecule has 0 nitrogen and oxygen atoms in total. The molecule has 0 amide bonds. The molecule has 2 rings (SSSR count). The van der Waals surface area contributed by atoms with Gasteiger partial charge in [-0.15, -0.1) is 11.3 Å². The highest BCUT2D eigenvalue weighted by molar-refractivity contribution is 7.12. The highest BCUT2D eigenvalue weighted by atomic mass is 32.1. The SMILES string of the molecule is Cc1cccc(CCc2ccc(C(C)C)s2)c1. The predicted octanol–water partition coefficient (Wildman–Crippen LogP) is 4.97. The Hall–Kier alpha value is -1.08. The first kappa shape index (κ1) is 12.4. The quantitative estimate of drug-likeness (QED) is 0.712. The number of benzene rings is 1. The van der Waals surface area contributed by atoms with E-state index in [2.05, 4.69) is 57.2 Å². The van der Waals surface area contributed by atoms with Crippen molar-refractivity contribution in [2.45, 2.75) is 39.5 Å². The van der Waals surface area contributed by atoms with Gasteiger partial charge in [-0.1, -0.05) is 43.7 Å². The smallest absolute Gasteiger partial charge is 0.00736 e. The summed E-state index contributed by atoms with van der Waals surface area (Å²) in [6.07, 6.45) is 2.32. The Morgan fingerprint density at radius 1 is 1.06 bits per heavy atom. The Labute approximate surface area is 108 Å². The van der Waals surface area contributed by atoms with E-state index in [-0.39, 0.29) is 0 Å². The Balaban J connectivity index is 1.97. The lowest BCUT2D eigenvalue weighted by molar-refractivity contribution is 0.890. The predicted molar refractivity (Wildman–Crippen MR) is 77.0 cm³/mol. The van der Waals surface area contributed by atoms with Crippen LogP contribution in [0.4, 0.5) is 0 Å². The molecule has 17 heavy (non-hydrogen) atoms. The zero-order valence-corrected chi connectivity index (χ0v) is 11.7. The van der Waals surface area contributed by atoms with Gasteiger partial charge in [-0.3, -0.25) is 0 Å². The van der Waals surface area contributed by atoms with Crippen molar-refractivity contribution in [3.05, 3.63) is 57.3 Å². The van der Waals surface area contributed by atoms with Gasteiger partial charge in [0.05, 0.1) is 0 Å². The van der Waals surface area contributed by atoms with E-state index in [1.165, 1.54) is 27.3 Å². The highest BCUT2D eigenvalue weighted by Crippen LogP contribution is 2.25. The summed E-state index contributed by atoms with van der Waals surface area (Å²) in [7, 11) is 0. The van der Waals surface area contributed by atoms with Crippen LogP contribution in [-0.4, -0.2) is 0 Å². The molecule has 0 saturated heterocycles. The molecular weight excluding hydrogens is 224 g/mol. The molecule has 1 aromatic heterocycles. The maximum Gasteiger partial charge on any atom is 0.00736 e. The fourth-order valence-electron chi connectivity index (χ4n) is 1.97. The van der Waals surface area contributed by atoms with Crippen LogP contribution < -0.4 is 0 Å². The second-order valence-corrected chi connectivity index (χ2v) is 6.15. The van der Waals surface area contributed by atoms with Crippen LogP contribution in [0.3, 0.4) is 0 Å². The minimum absolute atomic E-state index is 0.660. The minimum Gasteiger partial charge on any atom is -0.145 e. The molecule has 1 heteroatoms. The normalized spacial score (nSPS) is 11.1. The molecule has 2 aromatic rings. The van der Waals surface area contributed by atoms with Crippen LogP contribution in [0.1, 0.15) is 40.6 Å². The summed E-state index contributed by atoms with van der Waals surface area (Å²) in [5.41, 5.74) is 2.81. The molecule has 0 N–H and O–H groups in total. The lowest BCUT2D eigenvalue weighted by Crippen LogP contribution is -1.89. The van der Waals surface area contributed by atoms with Crippen molar-refractivity contribution in [1.82, 2.24) is 0 Å². The van der Waals surface area contributed by atoms with Crippen molar-refractivity contribution >= 4 is 11.3 Å². The van der Waals surface area contributed by atoms with Gasteiger partial charge in [-0.2, -0.15) is 0 Å². The van der Waals surface area contributed by atoms with Gasteiger partial charge in [-0.25, -0.2) is 0 Å². The Kier molecular flexibility index (Phi) is 4.01. The van der Waals surface area contributed by atoms with E-state index in [9.17, 15) is 0 Å². The summed E-state index contributed by atoms with van der Waals surface area (Å²) in [5, 5.41) is 0. The zero-order chi connectivity index (χ0) is 12.3. The Bertz CT molecular complexity index is 480. The van der Waals surface area contributed by atoms with Gasteiger partial charge in [0.1, 0.15) is 0 Å². The first-order valence-electron chi connectivity index (χ1n) is 6.29. The number of thiophene rings is 1. The lowest BCUT2D eigenvalue weighted by atomic mass is 10.1. The van der Waals surface area contributed by atoms with E-state index in [1.807, 2.05) is 11.3 Å². The topological polar surface area (TPSA) is 0 Å². The number of hydrogen-bond donors (Lipinski definition) is 0. The van der Waals surface area contributed by atoms with Crippen molar-refractivity contribution in [3.8, 4) is 0 Å². The van der Waals surface area contributed by atoms with Gasteiger partial charge in [0.15, 0.2) is 0 Å². The van der Waals surface area contributed by atoms with E-state index < -0.39 is 0 Å². The van der Waals surface area contributed by atoms with Crippen molar-refractivity contribution in [2.24, 2.45) is 0 Å². The molecule has 0 atom stereocenters. The van der Waals surface area contributed by atoms with Gasteiger partial charge < -0.3 is 0 Å².